The fourth-order valence-corrected chi connectivity index (χ4v) is 3.98. The summed E-state index contributed by atoms with van der Waals surface area (Å²) >= 11 is 0. The minimum Gasteiger partial charge on any atom is -0.213 e. The van der Waals surface area contributed by atoms with Gasteiger partial charge >= 0.3 is 0 Å². The minimum atomic E-state index is 0.765. The third-order valence-corrected chi connectivity index (χ3v) is 5.76. The van der Waals surface area contributed by atoms with Gasteiger partial charge in [-0.3, -0.25) is 0 Å². The van der Waals surface area contributed by atoms with Crippen molar-refractivity contribution < 1.29 is 0 Å². The zero-order valence-electron chi connectivity index (χ0n) is 19.5. The van der Waals surface area contributed by atoms with Crippen LogP contribution in [0.2, 0.25) is 0 Å². The quantitative estimate of drug-likeness (QED) is 0.284. The molecule has 0 atom stereocenters. The summed E-state index contributed by atoms with van der Waals surface area (Å²) in [5.74, 6) is 2.30. The first-order chi connectivity index (χ1) is 15.2. The maximum absolute atomic E-state index is 4.85. The average Bonchev–Trinajstić information content (AvgIpc) is 2.80. The number of nitrogens with zero attached hydrogens (tertiary/aromatic N) is 3. The van der Waals surface area contributed by atoms with Gasteiger partial charge in [0.2, 0.25) is 0 Å². The predicted octanol–water partition coefficient (Wildman–Crippen LogP) is 7.76. The second kappa shape index (κ2) is 12.3. The average molecular weight is 416 g/mol. The van der Waals surface area contributed by atoms with Crippen LogP contribution in [0.5, 0.6) is 0 Å². The highest BCUT2D eigenvalue weighted by atomic mass is 15.0. The van der Waals surface area contributed by atoms with Crippen molar-refractivity contribution in [2.45, 2.75) is 85.0 Å². The lowest BCUT2D eigenvalue weighted by Gasteiger charge is -2.09. The van der Waals surface area contributed by atoms with Gasteiger partial charge in [0.25, 0.3) is 0 Å². The second-order valence-electron chi connectivity index (χ2n) is 8.55. The Kier molecular flexibility index (Phi) is 9.20. The third kappa shape index (κ3) is 7.27. The van der Waals surface area contributed by atoms with Gasteiger partial charge in [0, 0.05) is 11.1 Å². The van der Waals surface area contributed by atoms with Gasteiger partial charge in [0.15, 0.2) is 11.6 Å². The lowest BCUT2D eigenvalue weighted by molar-refractivity contribution is 0.667. The van der Waals surface area contributed by atoms with Gasteiger partial charge in [-0.25, -0.2) is 15.0 Å². The predicted molar refractivity (Wildman–Crippen MR) is 131 cm³/mol. The molecular weight excluding hydrogens is 378 g/mol. The van der Waals surface area contributed by atoms with Crippen molar-refractivity contribution in [2.75, 3.05) is 0 Å². The number of rotatable bonds is 12. The second-order valence-corrected chi connectivity index (χ2v) is 8.55. The molecule has 3 heteroatoms. The van der Waals surface area contributed by atoms with Gasteiger partial charge in [-0.2, -0.15) is 0 Å². The molecule has 2 aromatic carbocycles. The lowest BCUT2D eigenvalue weighted by atomic mass is 10.0. The maximum atomic E-state index is 4.85. The van der Waals surface area contributed by atoms with Crippen LogP contribution in [-0.2, 0) is 12.8 Å². The topological polar surface area (TPSA) is 38.7 Å². The third-order valence-electron chi connectivity index (χ3n) is 5.76. The van der Waals surface area contributed by atoms with Crippen LogP contribution in [0.1, 0.15) is 82.2 Å². The smallest absolute Gasteiger partial charge is 0.163 e. The molecule has 0 fully saturated rings. The summed E-state index contributed by atoms with van der Waals surface area (Å²) in [4.78, 5) is 14.2. The highest BCUT2D eigenvalue weighted by Crippen LogP contribution is 2.23. The molecule has 1 aromatic heterocycles. The van der Waals surface area contributed by atoms with Crippen molar-refractivity contribution in [1.29, 1.82) is 0 Å². The van der Waals surface area contributed by atoms with Crippen LogP contribution in [0.4, 0.5) is 0 Å². The Bertz CT molecular complexity index is 875. The summed E-state index contributed by atoms with van der Waals surface area (Å²) in [6.07, 6.45) is 12.5. The number of hydrogen-bond acceptors (Lipinski definition) is 3. The van der Waals surface area contributed by atoms with Crippen LogP contribution in [0.3, 0.4) is 0 Å². The van der Waals surface area contributed by atoms with Gasteiger partial charge in [-0.1, -0.05) is 88.8 Å². The zero-order chi connectivity index (χ0) is 21.9. The highest BCUT2D eigenvalue weighted by molar-refractivity contribution is 5.62. The summed E-state index contributed by atoms with van der Waals surface area (Å²) in [6.45, 7) is 6.46. The molecule has 0 aliphatic heterocycles. The molecule has 0 spiro atoms. The van der Waals surface area contributed by atoms with Crippen LogP contribution in [0, 0.1) is 6.92 Å². The van der Waals surface area contributed by atoms with Gasteiger partial charge in [-0.05, 0) is 55.9 Å². The summed E-state index contributed by atoms with van der Waals surface area (Å²) in [6, 6.07) is 17.4. The van der Waals surface area contributed by atoms with Crippen LogP contribution < -0.4 is 0 Å². The molecule has 3 rings (SSSR count). The molecule has 0 bridgehead atoms. The summed E-state index contributed by atoms with van der Waals surface area (Å²) < 4.78 is 0. The largest absolute Gasteiger partial charge is 0.213 e. The first-order valence-corrected chi connectivity index (χ1v) is 12.1. The molecule has 0 aliphatic rings. The van der Waals surface area contributed by atoms with Crippen LogP contribution in [0.25, 0.3) is 22.8 Å². The molecule has 164 valence electrons. The molecule has 0 unspecified atom stereocenters. The number of hydrogen-bond donors (Lipinski definition) is 0. The molecule has 31 heavy (non-hydrogen) atoms. The van der Waals surface area contributed by atoms with Crippen LogP contribution in [-0.4, -0.2) is 15.0 Å². The van der Waals surface area contributed by atoms with E-state index in [0.29, 0.717) is 0 Å². The Morgan fingerprint density at radius 2 is 1.06 bits per heavy atom. The fraction of sp³-hybridized carbons (Fsp3) is 0.464. The first kappa shape index (κ1) is 23.1. The Balaban J connectivity index is 1.78. The SMILES string of the molecule is CCCCCCc1cccc(-c2nc(C)nc(-c3cccc(CCCCCC)c3)n2)c1. The van der Waals surface area contributed by atoms with E-state index in [4.69, 9.17) is 4.98 Å². The molecule has 0 saturated carbocycles. The number of aromatic nitrogens is 3. The van der Waals surface area contributed by atoms with E-state index < -0.39 is 0 Å². The normalized spacial score (nSPS) is 11.1. The summed E-state index contributed by atoms with van der Waals surface area (Å²) in [5, 5.41) is 0. The van der Waals surface area contributed by atoms with Crippen LogP contribution in [0.15, 0.2) is 48.5 Å². The first-order valence-electron chi connectivity index (χ1n) is 12.1. The van der Waals surface area contributed by atoms with Crippen molar-refractivity contribution in [3.8, 4) is 22.8 Å². The number of benzene rings is 2. The van der Waals surface area contributed by atoms with Gasteiger partial charge in [0.1, 0.15) is 5.82 Å². The molecule has 0 N–H and O–H groups in total. The van der Waals surface area contributed by atoms with E-state index in [0.717, 1.165) is 41.4 Å². The van der Waals surface area contributed by atoms with E-state index in [1.165, 1.54) is 62.5 Å². The lowest BCUT2D eigenvalue weighted by Crippen LogP contribution is -2.00. The Morgan fingerprint density at radius 3 is 1.52 bits per heavy atom. The molecular formula is C28H37N3. The Hall–Kier alpha value is -2.55. The molecule has 1 heterocycles. The van der Waals surface area contributed by atoms with Crippen LogP contribution >= 0.6 is 0 Å². The van der Waals surface area contributed by atoms with Gasteiger partial charge < -0.3 is 0 Å². The van der Waals surface area contributed by atoms with Crippen molar-refractivity contribution in [3.05, 3.63) is 65.5 Å². The van der Waals surface area contributed by atoms with Crippen molar-refractivity contribution in [2.24, 2.45) is 0 Å². The Labute approximate surface area is 188 Å². The van der Waals surface area contributed by atoms with E-state index in [1.807, 2.05) is 6.92 Å². The van der Waals surface area contributed by atoms with E-state index in [1.54, 1.807) is 0 Å². The van der Waals surface area contributed by atoms with Crippen molar-refractivity contribution in [3.63, 3.8) is 0 Å². The van der Waals surface area contributed by atoms with E-state index in [2.05, 4.69) is 72.3 Å². The number of aryl methyl sites for hydroxylation is 3. The van der Waals surface area contributed by atoms with Gasteiger partial charge in [0.05, 0.1) is 0 Å². The van der Waals surface area contributed by atoms with Crippen molar-refractivity contribution >= 4 is 0 Å². The van der Waals surface area contributed by atoms with E-state index in [9.17, 15) is 0 Å². The minimum absolute atomic E-state index is 0.765. The molecule has 0 amide bonds. The zero-order valence-corrected chi connectivity index (χ0v) is 19.5. The fourth-order valence-electron chi connectivity index (χ4n) is 3.98. The van der Waals surface area contributed by atoms with E-state index >= 15 is 0 Å². The highest BCUT2D eigenvalue weighted by Gasteiger charge is 2.10. The van der Waals surface area contributed by atoms with E-state index in [-0.39, 0.29) is 0 Å². The molecule has 3 aromatic rings. The molecule has 0 aliphatic carbocycles. The molecule has 0 saturated heterocycles. The van der Waals surface area contributed by atoms with Gasteiger partial charge in [-0.15, -0.1) is 0 Å². The summed E-state index contributed by atoms with van der Waals surface area (Å²) in [7, 11) is 0. The Morgan fingerprint density at radius 1 is 0.581 bits per heavy atom. The number of unbranched alkanes of at least 4 members (excludes halogenated alkanes) is 6. The maximum Gasteiger partial charge on any atom is 0.163 e. The van der Waals surface area contributed by atoms with Crippen molar-refractivity contribution in [1.82, 2.24) is 15.0 Å². The molecule has 0 radical (unpaired) electrons. The summed E-state index contributed by atoms with van der Waals surface area (Å²) in [5.41, 5.74) is 4.88. The molecule has 3 nitrogen and oxygen atoms in total. The standard InChI is InChI=1S/C28H37N3/c1-4-6-8-10-14-23-16-12-18-25(20-23)27-29-22(3)30-28(31-27)26-19-13-17-24(21-26)15-11-9-7-5-2/h12-13,16-21H,4-11,14-15H2,1-3H3. The monoisotopic (exact) mass is 415 g/mol.